The maximum atomic E-state index is 12.1. The van der Waals surface area contributed by atoms with Crippen LogP contribution in [0.1, 0.15) is 5.56 Å². The first-order chi connectivity index (χ1) is 9.40. The van der Waals surface area contributed by atoms with Crippen LogP contribution in [0.15, 0.2) is 47.5 Å². The maximum absolute atomic E-state index is 12.1. The van der Waals surface area contributed by atoms with Gasteiger partial charge in [0.1, 0.15) is 4.90 Å². The third-order valence-corrected chi connectivity index (χ3v) is 3.85. The highest BCUT2D eigenvalue weighted by Crippen LogP contribution is 2.24. The van der Waals surface area contributed by atoms with Crippen molar-refractivity contribution < 1.29 is 17.5 Å². The largest absolute Gasteiger partial charge is 0.358 e. The number of nitro benzene ring substituents is 1. The van der Waals surface area contributed by atoms with Gasteiger partial charge in [0, 0.05) is 24.4 Å². The molecule has 1 aromatic heterocycles. The van der Waals surface area contributed by atoms with Crippen LogP contribution in [0.3, 0.4) is 0 Å². The lowest BCUT2D eigenvalue weighted by atomic mass is 10.2. The summed E-state index contributed by atoms with van der Waals surface area (Å²) in [5.41, 5.74) is 0.0327. The van der Waals surface area contributed by atoms with Gasteiger partial charge in [-0.1, -0.05) is 12.1 Å². The van der Waals surface area contributed by atoms with Gasteiger partial charge in [0.15, 0.2) is 0 Å². The molecule has 0 radical (unpaired) electrons. The van der Waals surface area contributed by atoms with Gasteiger partial charge in [0.25, 0.3) is 5.69 Å². The SMILES string of the molecule is Cc1ccc([N+](=O)[O-])cc1S(=O)(=O)Oc1ccccn1. The van der Waals surface area contributed by atoms with Crippen LogP contribution in [0.5, 0.6) is 5.88 Å². The monoisotopic (exact) mass is 294 g/mol. The summed E-state index contributed by atoms with van der Waals surface area (Å²) in [6.45, 7) is 1.53. The van der Waals surface area contributed by atoms with Crippen LogP contribution in [0.4, 0.5) is 5.69 Å². The first-order valence-electron chi connectivity index (χ1n) is 5.51. The van der Waals surface area contributed by atoms with Crippen LogP contribution >= 0.6 is 0 Å². The Hall–Kier alpha value is -2.48. The first-order valence-corrected chi connectivity index (χ1v) is 6.91. The Morgan fingerprint density at radius 1 is 1.25 bits per heavy atom. The number of hydrogen-bond donors (Lipinski definition) is 0. The van der Waals surface area contributed by atoms with Crippen molar-refractivity contribution in [2.24, 2.45) is 0 Å². The van der Waals surface area contributed by atoms with E-state index in [9.17, 15) is 18.5 Å². The molecule has 20 heavy (non-hydrogen) atoms. The third kappa shape index (κ3) is 2.91. The Morgan fingerprint density at radius 2 is 2.00 bits per heavy atom. The highest BCUT2D eigenvalue weighted by atomic mass is 32.2. The summed E-state index contributed by atoms with van der Waals surface area (Å²) in [5, 5.41) is 10.7. The number of nitro groups is 1. The Labute approximate surface area is 115 Å². The smallest absolute Gasteiger partial charge is 0.341 e. The zero-order valence-corrected chi connectivity index (χ0v) is 11.2. The lowest BCUT2D eigenvalue weighted by molar-refractivity contribution is -0.385. The van der Waals surface area contributed by atoms with Crippen molar-refractivity contribution in [2.75, 3.05) is 0 Å². The number of rotatable bonds is 4. The molecule has 2 rings (SSSR count). The van der Waals surface area contributed by atoms with Gasteiger partial charge in [0.2, 0.25) is 5.88 Å². The molecule has 1 heterocycles. The predicted octanol–water partition coefficient (Wildman–Crippen LogP) is 2.07. The minimum absolute atomic E-state index is 0.0987. The number of aryl methyl sites for hydroxylation is 1. The Kier molecular flexibility index (Phi) is 3.66. The van der Waals surface area contributed by atoms with Crippen LogP contribution in [0.25, 0.3) is 0 Å². The molecule has 0 amide bonds. The number of nitrogens with zero attached hydrogens (tertiary/aromatic N) is 2. The fourth-order valence-electron chi connectivity index (χ4n) is 1.53. The molecule has 0 aliphatic heterocycles. The van der Waals surface area contributed by atoms with E-state index in [2.05, 4.69) is 4.98 Å². The van der Waals surface area contributed by atoms with Gasteiger partial charge < -0.3 is 4.18 Å². The quantitative estimate of drug-likeness (QED) is 0.486. The summed E-state index contributed by atoms with van der Waals surface area (Å²) in [4.78, 5) is 13.5. The van der Waals surface area contributed by atoms with E-state index in [1.165, 1.54) is 31.3 Å². The molecular weight excluding hydrogens is 284 g/mol. The normalized spacial score (nSPS) is 11.1. The van der Waals surface area contributed by atoms with Gasteiger partial charge in [-0.15, -0.1) is 0 Å². The van der Waals surface area contributed by atoms with Gasteiger partial charge in [-0.3, -0.25) is 10.1 Å². The van der Waals surface area contributed by atoms with Gasteiger partial charge in [-0.05, 0) is 18.6 Å². The topological polar surface area (TPSA) is 99.4 Å². The molecule has 0 N–H and O–H groups in total. The Morgan fingerprint density at radius 3 is 2.60 bits per heavy atom. The number of benzene rings is 1. The molecule has 1 aromatic carbocycles. The summed E-state index contributed by atoms with van der Waals surface area (Å²) in [7, 11) is -4.17. The van der Waals surface area contributed by atoms with Crippen molar-refractivity contribution in [3.8, 4) is 5.88 Å². The molecular formula is C12H10N2O5S. The molecule has 0 aliphatic carbocycles. The lowest BCUT2D eigenvalue weighted by Crippen LogP contribution is -2.12. The molecule has 8 heteroatoms. The van der Waals surface area contributed by atoms with E-state index in [-0.39, 0.29) is 16.5 Å². The molecule has 0 unspecified atom stereocenters. The van der Waals surface area contributed by atoms with Crippen molar-refractivity contribution in [1.82, 2.24) is 4.98 Å². The zero-order chi connectivity index (χ0) is 14.8. The molecule has 7 nitrogen and oxygen atoms in total. The highest BCUT2D eigenvalue weighted by Gasteiger charge is 2.23. The maximum Gasteiger partial charge on any atom is 0.341 e. The van der Waals surface area contributed by atoms with Gasteiger partial charge in [0.05, 0.1) is 4.92 Å². The molecule has 0 spiro atoms. The molecule has 0 aliphatic rings. The van der Waals surface area contributed by atoms with Gasteiger partial charge in [-0.25, -0.2) is 4.98 Å². The molecule has 0 fully saturated rings. The van der Waals surface area contributed by atoms with Crippen LogP contribution in [0.2, 0.25) is 0 Å². The van der Waals surface area contributed by atoms with Crippen LogP contribution in [-0.2, 0) is 10.1 Å². The van der Waals surface area contributed by atoms with Crippen molar-refractivity contribution in [3.63, 3.8) is 0 Å². The highest BCUT2D eigenvalue weighted by molar-refractivity contribution is 7.87. The molecule has 0 saturated heterocycles. The lowest BCUT2D eigenvalue weighted by Gasteiger charge is -2.08. The predicted molar refractivity (Wildman–Crippen MR) is 69.9 cm³/mol. The fraction of sp³-hybridized carbons (Fsp3) is 0.0833. The summed E-state index contributed by atoms with van der Waals surface area (Å²) >= 11 is 0. The van der Waals surface area contributed by atoms with Gasteiger partial charge in [-0.2, -0.15) is 8.42 Å². The average molecular weight is 294 g/mol. The second kappa shape index (κ2) is 5.25. The van der Waals surface area contributed by atoms with E-state index < -0.39 is 15.0 Å². The van der Waals surface area contributed by atoms with Crippen molar-refractivity contribution >= 4 is 15.8 Å². The number of aromatic nitrogens is 1. The van der Waals surface area contributed by atoms with E-state index in [1.54, 1.807) is 12.1 Å². The van der Waals surface area contributed by atoms with Crippen LogP contribution < -0.4 is 4.18 Å². The summed E-state index contributed by atoms with van der Waals surface area (Å²) < 4.78 is 29.1. The summed E-state index contributed by atoms with van der Waals surface area (Å²) in [6, 6.07) is 8.11. The first kappa shape index (κ1) is 13.9. The van der Waals surface area contributed by atoms with E-state index >= 15 is 0 Å². The van der Waals surface area contributed by atoms with Crippen molar-refractivity contribution in [1.29, 1.82) is 0 Å². The van der Waals surface area contributed by atoms with E-state index in [4.69, 9.17) is 4.18 Å². The summed E-state index contributed by atoms with van der Waals surface area (Å²) in [5.74, 6) is -0.0987. The van der Waals surface area contributed by atoms with E-state index in [0.717, 1.165) is 6.07 Å². The zero-order valence-electron chi connectivity index (χ0n) is 10.4. The standard InChI is InChI=1S/C12H10N2O5S/c1-9-5-6-10(14(15)16)8-11(9)20(17,18)19-12-4-2-3-7-13-12/h2-8H,1H3. The van der Waals surface area contributed by atoms with Gasteiger partial charge >= 0.3 is 10.1 Å². The fourth-order valence-corrected chi connectivity index (χ4v) is 2.67. The van der Waals surface area contributed by atoms with E-state index in [1.807, 2.05) is 0 Å². The molecule has 2 aromatic rings. The van der Waals surface area contributed by atoms with Crippen LogP contribution in [0, 0.1) is 17.0 Å². The molecule has 0 bridgehead atoms. The number of non-ortho nitro benzene ring substituents is 1. The minimum Gasteiger partial charge on any atom is -0.358 e. The number of pyridine rings is 1. The third-order valence-electron chi connectivity index (χ3n) is 2.48. The van der Waals surface area contributed by atoms with Crippen molar-refractivity contribution in [2.45, 2.75) is 11.8 Å². The summed E-state index contributed by atoms with van der Waals surface area (Å²) in [6.07, 6.45) is 1.38. The van der Waals surface area contributed by atoms with Crippen molar-refractivity contribution in [3.05, 3.63) is 58.3 Å². The van der Waals surface area contributed by atoms with Crippen LogP contribution in [-0.4, -0.2) is 18.3 Å². The Balaban J connectivity index is 2.44. The average Bonchev–Trinajstić information content (AvgIpc) is 2.39. The number of hydrogen-bond acceptors (Lipinski definition) is 6. The second-order valence-electron chi connectivity index (χ2n) is 3.91. The molecule has 0 atom stereocenters. The Bertz CT molecular complexity index is 744. The minimum atomic E-state index is -4.17. The molecule has 0 saturated carbocycles. The molecule has 104 valence electrons. The van der Waals surface area contributed by atoms with E-state index in [0.29, 0.717) is 5.56 Å². The second-order valence-corrected chi connectivity index (χ2v) is 5.43.